The topological polar surface area (TPSA) is 90.6 Å². The number of carbonyl (C=O) groups is 2. The summed E-state index contributed by atoms with van der Waals surface area (Å²) in [6, 6.07) is 15.6. The van der Waals surface area contributed by atoms with Crippen LogP contribution in [0.4, 0.5) is 4.39 Å². The molecule has 7 heteroatoms. The predicted molar refractivity (Wildman–Crippen MR) is 126 cm³/mol. The molecule has 2 aromatic carbocycles. The van der Waals surface area contributed by atoms with E-state index in [1.165, 1.54) is 12.1 Å². The molecule has 4 aromatic rings. The highest BCUT2D eigenvalue weighted by atomic mass is 19.1. The minimum Gasteiger partial charge on any atom is -0.351 e. The Morgan fingerprint density at radius 1 is 1.03 bits per heavy atom. The standard InChI is InChI=1S/C26H27FN4O2/c1-17(32)8-4-2-7-11-22(25-28-16-24(30-25)18-9-5-3-6-10-18)31-26(33)23-15-19-14-20(27)12-13-21(19)29-23/h3,5-6,9-10,12-16,22,29H,2,4,7-8,11H2,1H3,(H,28,30)(H,31,33)/t22-/m0/s1. The Labute approximate surface area is 191 Å². The van der Waals surface area contributed by atoms with Gasteiger partial charge in [-0.05, 0) is 49.6 Å². The number of ketones is 1. The number of hydrogen-bond donors (Lipinski definition) is 3. The molecule has 0 aliphatic heterocycles. The van der Waals surface area contributed by atoms with Gasteiger partial charge in [0.15, 0.2) is 0 Å². The molecule has 0 unspecified atom stereocenters. The van der Waals surface area contributed by atoms with Crippen molar-refractivity contribution < 1.29 is 14.0 Å². The summed E-state index contributed by atoms with van der Waals surface area (Å²) >= 11 is 0. The summed E-state index contributed by atoms with van der Waals surface area (Å²) in [6.07, 6.45) is 5.59. The number of benzene rings is 2. The van der Waals surface area contributed by atoms with Crippen LogP contribution in [0.1, 0.15) is 61.4 Å². The maximum atomic E-state index is 13.5. The first kappa shape index (κ1) is 22.5. The highest BCUT2D eigenvalue weighted by Crippen LogP contribution is 2.24. The number of fused-ring (bicyclic) bond motifs is 1. The summed E-state index contributed by atoms with van der Waals surface area (Å²) in [4.78, 5) is 35.1. The zero-order valence-electron chi connectivity index (χ0n) is 18.5. The van der Waals surface area contributed by atoms with E-state index in [-0.39, 0.29) is 23.5 Å². The van der Waals surface area contributed by atoms with Gasteiger partial charge in [0, 0.05) is 17.3 Å². The molecule has 33 heavy (non-hydrogen) atoms. The van der Waals surface area contributed by atoms with E-state index in [1.807, 2.05) is 30.3 Å². The Morgan fingerprint density at radius 3 is 2.64 bits per heavy atom. The van der Waals surface area contributed by atoms with Crippen molar-refractivity contribution in [3.63, 3.8) is 0 Å². The van der Waals surface area contributed by atoms with Crippen LogP contribution in [0.15, 0.2) is 60.8 Å². The molecule has 0 fully saturated rings. The molecule has 0 saturated carbocycles. The van der Waals surface area contributed by atoms with E-state index in [1.54, 1.807) is 25.3 Å². The van der Waals surface area contributed by atoms with E-state index in [0.29, 0.717) is 35.3 Å². The van der Waals surface area contributed by atoms with Crippen molar-refractivity contribution in [3.8, 4) is 11.3 Å². The largest absolute Gasteiger partial charge is 0.351 e. The SMILES string of the molecule is CC(=O)CCCCC[C@H](NC(=O)c1cc2cc(F)ccc2[nH]1)c1ncc(-c2ccccc2)[nH]1. The smallest absolute Gasteiger partial charge is 0.268 e. The van der Waals surface area contributed by atoms with Crippen LogP contribution in [0, 0.1) is 5.82 Å². The fraction of sp³-hybridized carbons (Fsp3) is 0.269. The van der Waals surface area contributed by atoms with Gasteiger partial charge in [0.25, 0.3) is 5.91 Å². The molecule has 1 atom stereocenters. The lowest BCUT2D eigenvalue weighted by atomic mass is 10.1. The van der Waals surface area contributed by atoms with Crippen LogP contribution < -0.4 is 5.32 Å². The first-order chi connectivity index (χ1) is 16.0. The Morgan fingerprint density at radius 2 is 1.85 bits per heavy atom. The predicted octanol–water partition coefficient (Wildman–Crippen LogP) is 5.71. The highest BCUT2D eigenvalue weighted by Gasteiger charge is 2.20. The number of carbonyl (C=O) groups excluding carboxylic acids is 2. The second-order valence-electron chi connectivity index (χ2n) is 8.29. The summed E-state index contributed by atoms with van der Waals surface area (Å²) in [7, 11) is 0. The van der Waals surface area contributed by atoms with Crippen LogP contribution in [0.3, 0.4) is 0 Å². The van der Waals surface area contributed by atoms with E-state index >= 15 is 0 Å². The number of H-pyrrole nitrogens is 2. The van der Waals surface area contributed by atoms with E-state index in [4.69, 9.17) is 0 Å². The fourth-order valence-corrected chi connectivity index (χ4v) is 3.92. The monoisotopic (exact) mass is 446 g/mol. The Kier molecular flexibility index (Phi) is 6.98. The molecule has 4 rings (SSSR count). The van der Waals surface area contributed by atoms with E-state index in [0.717, 1.165) is 30.5 Å². The summed E-state index contributed by atoms with van der Waals surface area (Å²) in [5.74, 6) is 0.239. The number of aromatic nitrogens is 3. The maximum absolute atomic E-state index is 13.5. The number of imidazole rings is 1. The van der Waals surface area contributed by atoms with Gasteiger partial charge in [-0.3, -0.25) is 4.79 Å². The van der Waals surface area contributed by atoms with Gasteiger partial charge < -0.3 is 20.1 Å². The summed E-state index contributed by atoms with van der Waals surface area (Å²) in [6.45, 7) is 1.60. The Bertz CT molecular complexity index is 1250. The van der Waals surface area contributed by atoms with Crippen LogP contribution in [0.25, 0.3) is 22.2 Å². The van der Waals surface area contributed by atoms with Crippen molar-refractivity contribution in [2.45, 2.75) is 45.1 Å². The number of amides is 1. The minimum absolute atomic E-state index is 0.189. The second-order valence-corrected chi connectivity index (χ2v) is 8.29. The molecule has 0 aliphatic rings. The number of halogens is 1. The minimum atomic E-state index is -0.346. The van der Waals surface area contributed by atoms with E-state index < -0.39 is 0 Å². The third kappa shape index (κ3) is 5.74. The Balaban J connectivity index is 1.51. The molecule has 0 bridgehead atoms. The Hall–Kier alpha value is -3.74. The van der Waals surface area contributed by atoms with E-state index in [9.17, 15) is 14.0 Å². The number of Topliss-reactive ketones (excluding diaryl/α,β-unsaturated/α-hetero) is 1. The molecule has 170 valence electrons. The molecule has 0 aliphatic carbocycles. The lowest BCUT2D eigenvalue weighted by molar-refractivity contribution is -0.117. The second kappa shape index (κ2) is 10.3. The average molecular weight is 447 g/mol. The normalized spacial score (nSPS) is 12.1. The lowest BCUT2D eigenvalue weighted by Crippen LogP contribution is -2.29. The molecular weight excluding hydrogens is 419 g/mol. The number of unbranched alkanes of at least 4 members (excludes halogenated alkanes) is 2. The molecule has 0 radical (unpaired) electrons. The molecule has 6 nitrogen and oxygen atoms in total. The number of nitrogens with zero attached hydrogens (tertiary/aromatic N) is 1. The van der Waals surface area contributed by atoms with Crippen molar-refractivity contribution in [1.29, 1.82) is 0 Å². The third-order valence-electron chi connectivity index (χ3n) is 5.66. The fourth-order valence-electron chi connectivity index (χ4n) is 3.92. The molecule has 0 saturated heterocycles. The first-order valence-electron chi connectivity index (χ1n) is 11.2. The number of nitrogens with one attached hydrogen (secondary N) is 3. The van der Waals surface area contributed by atoms with Crippen LogP contribution >= 0.6 is 0 Å². The number of rotatable bonds is 10. The summed E-state index contributed by atoms with van der Waals surface area (Å²) < 4.78 is 13.5. The third-order valence-corrected chi connectivity index (χ3v) is 5.66. The van der Waals surface area contributed by atoms with Gasteiger partial charge in [-0.25, -0.2) is 9.37 Å². The molecule has 3 N–H and O–H groups in total. The van der Waals surface area contributed by atoms with Gasteiger partial charge >= 0.3 is 0 Å². The molecule has 1 amide bonds. The zero-order chi connectivity index (χ0) is 23.2. The molecular formula is C26H27FN4O2. The van der Waals surface area contributed by atoms with Crippen molar-refractivity contribution >= 4 is 22.6 Å². The van der Waals surface area contributed by atoms with Crippen molar-refractivity contribution in [3.05, 3.63) is 78.1 Å². The molecule has 2 aromatic heterocycles. The average Bonchev–Trinajstić information content (AvgIpc) is 3.45. The van der Waals surface area contributed by atoms with Gasteiger partial charge in [-0.2, -0.15) is 0 Å². The highest BCUT2D eigenvalue weighted by molar-refractivity contribution is 5.98. The van der Waals surface area contributed by atoms with Gasteiger partial charge in [-0.1, -0.05) is 43.2 Å². The van der Waals surface area contributed by atoms with Gasteiger partial charge in [-0.15, -0.1) is 0 Å². The lowest BCUT2D eigenvalue weighted by Gasteiger charge is -2.16. The summed E-state index contributed by atoms with van der Waals surface area (Å²) in [5, 5.41) is 3.71. The van der Waals surface area contributed by atoms with Crippen LogP contribution in [0.2, 0.25) is 0 Å². The van der Waals surface area contributed by atoms with Gasteiger partial charge in [0.05, 0.1) is 17.9 Å². The van der Waals surface area contributed by atoms with Crippen molar-refractivity contribution in [1.82, 2.24) is 20.3 Å². The molecule has 2 heterocycles. The van der Waals surface area contributed by atoms with Crippen LogP contribution in [0.5, 0.6) is 0 Å². The zero-order valence-corrected chi connectivity index (χ0v) is 18.5. The first-order valence-corrected chi connectivity index (χ1v) is 11.2. The van der Waals surface area contributed by atoms with Gasteiger partial charge in [0.1, 0.15) is 23.1 Å². The van der Waals surface area contributed by atoms with Crippen molar-refractivity contribution in [2.24, 2.45) is 0 Å². The number of aromatic amines is 2. The van der Waals surface area contributed by atoms with Gasteiger partial charge in [0.2, 0.25) is 0 Å². The van der Waals surface area contributed by atoms with Crippen molar-refractivity contribution in [2.75, 3.05) is 0 Å². The maximum Gasteiger partial charge on any atom is 0.268 e. The van der Waals surface area contributed by atoms with E-state index in [2.05, 4.69) is 20.3 Å². The summed E-state index contributed by atoms with van der Waals surface area (Å²) in [5.41, 5.74) is 2.96. The van der Waals surface area contributed by atoms with Crippen LogP contribution in [-0.2, 0) is 4.79 Å². The number of hydrogen-bond acceptors (Lipinski definition) is 3. The molecule has 0 spiro atoms. The quantitative estimate of drug-likeness (QED) is 0.273. The van der Waals surface area contributed by atoms with Crippen LogP contribution in [-0.4, -0.2) is 26.6 Å².